The van der Waals surface area contributed by atoms with Crippen molar-refractivity contribution in [1.82, 2.24) is 10.0 Å². The Hall–Kier alpha value is -3.56. The highest BCUT2D eigenvalue weighted by Gasteiger charge is 2.43. The van der Waals surface area contributed by atoms with E-state index in [0.717, 1.165) is 22.6 Å². The van der Waals surface area contributed by atoms with Crippen molar-refractivity contribution >= 4 is 5.78 Å². The zero-order chi connectivity index (χ0) is 22.8. The van der Waals surface area contributed by atoms with Crippen LogP contribution in [0.25, 0.3) is 0 Å². The van der Waals surface area contributed by atoms with Crippen LogP contribution in [0.2, 0.25) is 0 Å². The van der Waals surface area contributed by atoms with Crippen molar-refractivity contribution in [2.75, 3.05) is 20.7 Å². The molecule has 2 aromatic carbocycles. The second kappa shape index (κ2) is 8.89. The SMILES string of the molecule is CCOc1ccc([C@H]2C(C#N)=C(N)N(N(C)C)C3=C2C(=O)C[C@@H](c2ccccc2)C3)cc1. The molecule has 32 heavy (non-hydrogen) atoms. The highest BCUT2D eigenvalue weighted by Crippen LogP contribution is 2.48. The van der Waals surface area contributed by atoms with E-state index >= 15 is 0 Å². The summed E-state index contributed by atoms with van der Waals surface area (Å²) in [6.45, 7) is 2.51. The molecule has 0 bridgehead atoms. The Bertz CT molecular complexity index is 1110. The fourth-order valence-corrected chi connectivity index (χ4v) is 4.79. The number of carbonyl (C=O) groups is 1. The number of ether oxygens (including phenoxy) is 1. The molecule has 2 N–H and O–H groups in total. The number of ketones is 1. The van der Waals surface area contributed by atoms with Crippen LogP contribution in [0.4, 0.5) is 0 Å². The minimum atomic E-state index is -0.480. The minimum Gasteiger partial charge on any atom is -0.494 e. The number of benzene rings is 2. The van der Waals surface area contributed by atoms with E-state index in [1.54, 1.807) is 0 Å². The van der Waals surface area contributed by atoms with Gasteiger partial charge in [-0.05, 0) is 42.5 Å². The van der Waals surface area contributed by atoms with Gasteiger partial charge in [0.15, 0.2) is 5.78 Å². The lowest BCUT2D eigenvalue weighted by atomic mass is 9.72. The summed E-state index contributed by atoms with van der Waals surface area (Å²) in [4.78, 5) is 13.6. The predicted octanol–water partition coefficient (Wildman–Crippen LogP) is 4.06. The van der Waals surface area contributed by atoms with Crippen molar-refractivity contribution in [3.05, 3.63) is 88.4 Å². The van der Waals surface area contributed by atoms with Crippen LogP contribution in [-0.4, -0.2) is 36.5 Å². The van der Waals surface area contributed by atoms with Crippen LogP contribution < -0.4 is 10.5 Å². The molecule has 1 heterocycles. The maximum Gasteiger partial charge on any atom is 0.162 e. The number of rotatable bonds is 5. The molecule has 0 aromatic heterocycles. The molecule has 6 heteroatoms. The van der Waals surface area contributed by atoms with Gasteiger partial charge in [-0.2, -0.15) is 5.26 Å². The van der Waals surface area contributed by atoms with Crippen LogP contribution in [0.3, 0.4) is 0 Å². The van der Waals surface area contributed by atoms with E-state index in [1.807, 2.05) is 73.5 Å². The van der Waals surface area contributed by atoms with Crippen molar-refractivity contribution < 1.29 is 9.53 Å². The largest absolute Gasteiger partial charge is 0.494 e. The zero-order valence-corrected chi connectivity index (χ0v) is 18.7. The van der Waals surface area contributed by atoms with E-state index in [9.17, 15) is 10.1 Å². The molecule has 0 amide bonds. The maximum absolute atomic E-state index is 13.6. The third kappa shape index (κ3) is 3.76. The van der Waals surface area contributed by atoms with Gasteiger partial charge in [0, 0.05) is 31.8 Å². The molecule has 1 aliphatic carbocycles. The van der Waals surface area contributed by atoms with Crippen LogP contribution >= 0.6 is 0 Å². The first-order valence-electron chi connectivity index (χ1n) is 10.9. The second-order valence-electron chi connectivity index (χ2n) is 8.30. The Morgan fingerprint density at radius 2 is 1.78 bits per heavy atom. The number of nitriles is 1. The molecule has 0 saturated heterocycles. The fraction of sp³-hybridized carbons (Fsp3) is 0.308. The maximum atomic E-state index is 13.6. The van der Waals surface area contributed by atoms with Crippen molar-refractivity contribution in [2.45, 2.75) is 31.6 Å². The minimum absolute atomic E-state index is 0.0612. The molecule has 2 aromatic rings. The summed E-state index contributed by atoms with van der Waals surface area (Å²) in [5.41, 5.74) is 10.5. The number of hydrogen-bond donors (Lipinski definition) is 1. The van der Waals surface area contributed by atoms with E-state index in [4.69, 9.17) is 10.5 Å². The van der Waals surface area contributed by atoms with Gasteiger partial charge in [0.05, 0.1) is 24.2 Å². The summed E-state index contributed by atoms with van der Waals surface area (Å²) < 4.78 is 5.57. The van der Waals surface area contributed by atoms with Crippen LogP contribution in [0, 0.1) is 11.3 Å². The molecule has 0 spiro atoms. The van der Waals surface area contributed by atoms with Gasteiger partial charge >= 0.3 is 0 Å². The molecule has 0 fully saturated rings. The van der Waals surface area contributed by atoms with Crippen LogP contribution in [0.15, 0.2) is 77.3 Å². The summed E-state index contributed by atoms with van der Waals surface area (Å²) in [6.07, 6.45) is 1.09. The summed E-state index contributed by atoms with van der Waals surface area (Å²) in [5.74, 6) is 0.780. The second-order valence-corrected chi connectivity index (χ2v) is 8.30. The fourth-order valence-electron chi connectivity index (χ4n) is 4.79. The molecular weight excluding hydrogens is 400 g/mol. The molecule has 2 atom stereocenters. The summed E-state index contributed by atoms with van der Waals surface area (Å²) >= 11 is 0. The third-order valence-corrected chi connectivity index (χ3v) is 6.14. The Morgan fingerprint density at radius 1 is 1.09 bits per heavy atom. The average molecular weight is 429 g/mol. The molecule has 1 aliphatic heterocycles. The van der Waals surface area contributed by atoms with Gasteiger partial charge in [-0.15, -0.1) is 0 Å². The van der Waals surface area contributed by atoms with Gasteiger partial charge in [-0.25, -0.2) is 5.01 Å². The molecule has 0 saturated carbocycles. The number of carbonyl (C=O) groups excluding carboxylic acids is 1. The Kier molecular flexibility index (Phi) is 6.02. The third-order valence-electron chi connectivity index (χ3n) is 6.14. The number of hydrogen-bond acceptors (Lipinski definition) is 6. The number of hydrazine groups is 1. The summed E-state index contributed by atoms with van der Waals surface area (Å²) in [5, 5.41) is 13.7. The predicted molar refractivity (Wildman–Crippen MR) is 123 cm³/mol. The van der Waals surface area contributed by atoms with Crippen molar-refractivity contribution in [3.8, 4) is 11.8 Å². The molecule has 6 nitrogen and oxygen atoms in total. The molecule has 0 radical (unpaired) electrons. The molecule has 164 valence electrons. The topological polar surface area (TPSA) is 82.6 Å². The van der Waals surface area contributed by atoms with Gasteiger partial charge in [0.25, 0.3) is 0 Å². The van der Waals surface area contributed by atoms with Crippen LogP contribution in [0.1, 0.15) is 42.7 Å². The number of Topliss-reactive ketones (excluding diaryl/α,β-unsaturated/α-hetero) is 1. The highest BCUT2D eigenvalue weighted by atomic mass is 16.5. The molecule has 4 rings (SSSR count). The average Bonchev–Trinajstić information content (AvgIpc) is 2.79. The number of allylic oxidation sites excluding steroid dienone is 3. The standard InChI is InChI=1S/C26H28N4O2/c1-4-32-20-12-10-18(11-13-20)24-21(16-27)26(28)30(29(2)3)22-14-19(15-23(31)25(22)24)17-8-6-5-7-9-17/h5-13,19,24H,4,14-15,28H2,1-3H3/t19-,24-/m0/s1. The smallest absolute Gasteiger partial charge is 0.162 e. The molecule has 0 unspecified atom stereocenters. The number of nitrogens with zero attached hydrogens (tertiary/aromatic N) is 3. The van der Waals surface area contributed by atoms with Gasteiger partial charge in [0.2, 0.25) is 0 Å². The Morgan fingerprint density at radius 3 is 2.38 bits per heavy atom. The van der Waals surface area contributed by atoms with Gasteiger partial charge in [-0.3, -0.25) is 9.80 Å². The lowest BCUT2D eigenvalue weighted by molar-refractivity contribution is -0.117. The summed E-state index contributed by atoms with van der Waals surface area (Å²) in [7, 11) is 3.75. The summed E-state index contributed by atoms with van der Waals surface area (Å²) in [6, 6.07) is 20.0. The number of nitrogens with two attached hydrogens (primary N) is 1. The Balaban J connectivity index is 1.85. The van der Waals surface area contributed by atoms with Crippen molar-refractivity contribution in [2.24, 2.45) is 5.73 Å². The first-order valence-corrected chi connectivity index (χ1v) is 10.9. The van der Waals surface area contributed by atoms with Gasteiger partial charge in [0.1, 0.15) is 11.6 Å². The van der Waals surface area contributed by atoms with Crippen LogP contribution in [-0.2, 0) is 4.79 Å². The van der Waals surface area contributed by atoms with E-state index in [2.05, 4.69) is 18.2 Å². The van der Waals surface area contributed by atoms with Gasteiger partial charge < -0.3 is 10.5 Å². The van der Waals surface area contributed by atoms with Crippen molar-refractivity contribution in [3.63, 3.8) is 0 Å². The zero-order valence-electron chi connectivity index (χ0n) is 18.7. The quantitative estimate of drug-likeness (QED) is 0.773. The lowest BCUT2D eigenvalue weighted by Crippen LogP contribution is -2.46. The van der Waals surface area contributed by atoms with E-state index in [1.165, 1.54) is 0 Å². The van der Waals surface area contributed by atoms with E-state index in [0.29, 0.717) is 36.4 Å². The molecule has 2 aliphatic rings. The first kappa shape index (κ1) is 21.7. The lowest BCUT2D eigenvalue weighted by Gasteiger charge is -2.43. The van der Waals surface area contributed by atoms with E-state index in [-0.39, 0.29) is 11.7 Å². The van der Waals surface area contributed by atoms with Gasteiger partial charge in [-0.1, -0.05) is 42.5 Å². The normalized spacial score (nSPS) is 21.0. The van der Waals surface area contributed by atoms with Crippen LogP contribution in [0.5, 0.6) is 5.75 Å². The highest BCUT2D eigenvalue weighted by molar-refractivity contribution is 6.00. The first-order chi connectivity index (χ1) is 15.5. The van der Waals surface area contributed by atoms with Crippen molar-refractivity contribution in [1.29, 1.82) is 5.26 Å². The molecular formula is C26H28N4O2. The monoisotopic (exact) mass is 428 g/mol. The van der Waals surface area contributed by atoms with E-state index < -0.39 is 5.92 Å². The Labute approximate surface area is 189 Å².